The van der Waals surface area contributed by atoms with E-state index in [4.69, 9.17) is 5.73 Å². The smallest absolute Gasteiger partial charge is 0.352 e. The van der Waals surface area contributed by atoms with E-state index in [2.05, 4.69) is 10.2 Å². The van der Waals surface area contributed by atoms with Crippen molar-refractivity contribution in [1.82, 2.24) is 15.1 Å². The number of hydrogen-bond donors (Lipinski definition) is 2. The average Bonchev–Trinajstić information content (AvgIpc) is 2.96. The summed E-state index contributed by atoms with van der Waals surface area (Å²) < 4.78 is 0. The molecule has 0 aromatic carbocycles. The number of aliphatic carboxylic acids is 1. The van der Waals surface area contributed by atoms with Crippen molar-refractivity contribution in [2.45, 2.75) is 24.9 Å². The van der Waals surface area contributed by atoms with Gasteiger partial charge in [-0.3, -0.25) is 9.69 Å². The van der Waals surface area contributed by atoms with Gasteiger partial charge in [0, 0.05) is 0 Å². The zero-order valence-corrected chi connectivity index (χ0v) is 11.2. The molecule has 2 unspecified atom stereocenters. The Labute approximate surface area is 118 Å². The lowest BCUT2D eigenvalue weighted by molar-refractivity contribution is -0.152. The quantitative estimate of drug-likeness (QED) is 0.771. The Morgan fingerprint density at radius 1 is 1.55 bits per heavy atom. The largest absolute Gasteiger partial charge is 0.477 e. The van der Waals surface area contributed by atoms with E-state index in [1.165, 1.54) is 16.2 Å². The monoisotopic (exact) mass is 292 g/mol. The molecule has 3 N–H and O–H groups in total. The molecule has 0 bridgehead atoms. The number of allylic oxidation sites excluding steroid dienone is 2. The molecule has 104 valence electrons. The second-order valence-corrected chi connectivity index (χ2v) is 5.49. The summed E-state index contributed by atoms with van der Waals surface area (Å²) in [5, 5.41) is 17.6. The summed E-state index contributed by atoms with van der Waals surface area (Å²) in [5.74, 6) is -1.43. The first kappa shape index (κ1) is 12.9. The lowest BCUT2D eigenvalue weighted by Gasteiger charge is -2.48. The van der Waals surface area contributed by atoms with E-state index >= 15 is 0 Å². The number of nitrogens with two attached hydrogens (primary N) is 1. The Kier molecular flexibility index (Phi) is 3.11. The maximum absolute atomic E-state index is 11.7. The van der Waals surface area contributed by atoms with Gasteiger partial charge in [0.05, 0.1) is 6.04 Å². The Morgan fingerprint density at radius 2 is 2.35 bits per heavy atom. The second-order valence-electron chi connectivity index (χ2n) is 4.63. The van der Waals surface area contributed by atoms with E-state index in [9.17, 15) is 14.7 Å². The number of amides is 1. The zero-order chi connectivity index (χ0) is 14.3. The van der Waals surface area contributed by atoms with Crippen molar-refractivity contribution in [2.24, 2.45) is 5.73 Å². The molecule has 0 saturated carbocycles. The van der Waals surface area contributed by atoms with E-state index in [0.29, 0.717) is 23.4 Å². The van der Waals surface area contributed by atoms with Crippen LogP contribution in [0.3, 0.4) is 0 Å². The SMILES string of the molecule is NC1C(=O)N2C(C(=O)O)=C(C=Cc3nncs3)CCC12. The number of carbonyl (C=O) groups excluding carboxylic acids is 1. The molecule has 1 amide bonds. The highest BCUT2D eigenvalue weighted by atomic mass is 32.1. The van der Waals surface area contributed by atoms with E-state index < -0.39 is 12.0 Å². The number of carboxylic acid groups (broad SMARTS) is 1. The highest BCUT2D eigenvalue weighted by Gasteiger charge is 2.50. The summed E-state index contributed by atoms with van der Waals surface area (Å²) in [6.45, 7) is 0. The minimum atomic E-state index is -1.10. The number of carbonyl (C=O) groups is 2. The summed E-state index contributed by atoms with van der Waals surface area (Å²) in [5.41, 5.74) is 7.94. The van der Waals surface area contributed by atoms with Gasteiger partial charge in [0.15, 0.2) is 0 Å². The van der Waals surface area contributed by atoms with Crippen LogP contribution in [0.1, 0.15) is 17.8 Å². The molecule has 2 aliphatic rings. The van der Waals surface area contributed by atoms with Crippen LogP contribution in [0.15, 0.2) is 22.9 Å². The van der Waals surface area contributed by atoms with Gasteiger partial charge in [0.25, 0.3) is 0 Å². The Morgan fingerprint density at radius 3 is 3.00 bits per heavy atom. The molecule has 2 atom stereocenters. The number of carboxylic acids is 1. The van der Waals surface area contributed by atoms with Crippen LogP contribution < -0.4 is 5.73 Å². The normalized spacial score (nSPS) is 25.9. The predicted molar refractivity (Wildman–Crippen MR) is 71.4 cm³/mol. The molecule has 0 spiro atoms. The number of rotatable bonds is 3. The van der Waals surface area contributed by atoms with Crippen LogP contribution >= 0.6 is 11.3 Å². The van der Waals surface area contributed by atoms with Gasteiger partial charge >= 0.3 is 5.97 Å². The van der Waals surface area contributed by atoms with Crippen LogP contribution in [-0.2, 0) is 9.59 Å². The van der Waals surface area contributed by atoms with Crippen molar-refractivity contribution < 1.29 is 14.7 Å². The first-order valence-corrected chi connectivity index (χ1v) is 6.97. The molecule has 2 aliphatic heterocycles. The maximum Gasteiger partial charge on any atom is 0.352 e. The van der Waals surface area contributed by atoms with Crippen LogP contribution in [0.2, 0.25) is 0 Å². The number of fused-ring (bicyclic) bond motifs is 1. The molecule has 7 nitrogen and oxygen atoms in total. The van der Waals surface area contributed by atoms with Gasteiger partial charge in [0.1, 0.15) is 22.3 Å². The summed E-state index contributed by atoms with van der Waals surface area (Å²) in [6, 6.07) is -0.759. The standard InChI is InChI=1S/C12H12N4O3S/c13-9-7-3-1-6(2-4-8-15-14-5-20-8)10(12(18)19)16(7)11(9)17/h2,4-5,7,9H,1,3,13H2,(H,18,19). The Hall–Kier alpha value is -2.06. The summed E-state index contributed by atoms with van der Waals surface area (Å²) in [6.07, 6.45) is 4.66. The number of aromatic nitrogens is 2. The minimum absolute atomic E-state index is 0.0358. The minimum Gasteiger partial charge on any atom is -0.477 e. The molecular formula is C12H12N4O3S. The molecule has 8 heteroatoms. The van der Waals surface area contributed by atoms with Crippen molar-refractivity contribution in [1.29, 1.82) is 0 Å². The highest BCUT2D eigenvalue weighted by molar-refractivity contribution is 7.10. The van der Waals surface area contributed by atoms with Crippen molar-refractivity contribution in [3.8, 4) is 0 Å². The highest BCUT2D eigenvalue weighted by Crippen LogP contribution is 2.36. The van der Waals surface area contributed by atoms with E-state index in [-0.39, 0.29) is 17.6 Å². The van der Waals surface area contributed by atoms with E-state index in [1.54, 1.807) is 17.7 Å². The summed E-state index contributed by atoms with van der Waals surface area (Å²) in [4.78, 5) is 24.5. The fraction of sp³-hybridized carbons (Fsp3) is 0.333. The molecule has 0 radical (unpaired) electrons. The van der Waals surface area contributed by atoms with Gasteiger partial charge in [-0.25, -0.2) is 4.79 Å². The van der Waals surface area contributed by atoms with Gasteiger partial charge in [-0.15, -0.1) is 21.5 Å². The third kappa shape index (κ3) is 1.93. The third-order valence-electron chi connectivity index (χ3n) is 3.53. The topological polar surface area (TPSA) is 109 Å². The van der Waals surface area contributed by atoms with Gasteiger partial charge < -0.3 is 10.8 Å². The fourth-order valence-electron chi connectivity index (χ4n) is 2.56. The van der Waals surface area contributed by atoms with Crippen molar-refractivity contribution >= 4 is 29.3 Å². The third-order valence-corrected chi connectivity index (χ3v) is 4.19. The molecule has 3 heterocycles. The van der Waals surface area contributed by atoms with Crippen LogP contribution in [0.5, 0.6) is 0 Å². The fourth-order valence-corrected chi connectivity index (χ4v) is 3.00. The number of hydrogen-bond acceptors (Lipinski definition) is 6. The van der Waals surface area contributed by atoms with E-state index in [1.807, 2.05) is 0 Å². The molecule has 20 heavy (non-hydrogen) atoms. The second kappa shape index (κ2) is 4.80. The molecule has 1 fully saturated rings. The van der Waals surface area contributed by atoms with Gasteiger partial charge in [0.2, 0.25) is 5.91 Å². The Balaban J connectivity index is 1.94. The molecule has 1 aromatic heterocycles. The molecule has 1 saturated heterocycles. The lowest BCUT2D eigenvalue weighted by Crippen LogP contribution is -2.69. The van der Waals surface area contributed by atoms with Crippen molar-refractivity contribution in [3.05, 3.63) is 27.9 Å². The van der Waals surface area contributed by atoms with Crippen LogP contribution in [0, 0.1) is 0 Å². The van der Waals surface area contributed by atoms with Gasteiger partial charge in [-0.2, -0.15) is 0 Å². The average molecular weight is 292 g/mol. The van der Waals surface area contributed by atoms with E-state index in [0.717, 1.165) is 0 Å². The summed E-state index contributed by atoms with van der Waals surface area (Å²) in [7, 11) is 0. The molecule has 1 aromatic rings. The molecular weight excluding hydrogens is 280 g/mol. The van der Waals surface area contributed by atoms with Crippen LogP contribution in [0.4, 0.5) is 0 Å². The molecule has 3 rings (SSSR count). The van der Waals surface area contributed by atoms with Crippen LogP contribution in [0.25, 0.3) is 6.08 Å². The Bertz CT molecular complexity index is 623. The predicted octanol–water partition coefficient (Wildman–Crippen LogP) is 0.222. The summed E-state index contributed by atoms with van der Waals surface area (Å²) >= 11 is 1.36. The number of β-lactam (4-membered cyclic amide) rings is 1. The zero-order valence-electron chi connectivity index (χ0n) is 10.4. The van der Waals surface area contributed by atoms with Crippen molar-refractivity contribution in [3.63, 3.8) is 0 Å². The molecule has 0 aliphatic carbocycles. The maximum atomic E-state index is 11.7. The first-order chi connectivity index (χ1) is 9.59. The first-order valence-electron chi connectivity index (χ1n) is 6.09. The number of nitrogens with zero attached hydrogens (tertiary/aromatic N) is 3. The van der Waals surface area contributed by atoms with Gasteiger partial charge in [-0.05, 0) is 24.5 Å². The van der Waals surface area contributed by atoms with Crippen molar-refractivity contribution in [2.75, 3.05) is 0 Å². The lowest BCUT2D eigenvalue weighted by atomic mass is 9.84. The van der Waals surface area contributed by atoms with Crippen LogP contribution in [-0.4, -0.2) is 44.2 Å². The van der Waals surface area contributed by atoms with Gasteiger partial charge in [-0.1, -0.05) is 6.08 Å².